The number of hydrogen-bond donors (Lipinski definition) is 5. The molecule has 7 N–H and O–H groups in total. The van der Waals surface area contributed by atoms with Crippen molar-refractivity contribution in [2.45, 2.75) is 32.7 Å². The quantitative estimate of drug-likeness (QED) is 0.264. The zero-order chi connectivity index (χ0) is 27.7. The van der Waals surface area contributed by atoms with E-state index in [9.17, 15) is 19.2 Å². The van der Waals surface area contributed by atoms with E-state index in [2.05, 4.69) is 21.3 Å². The molecule has 11 heteroatoms. The van der Waals surface area contributed by atoms with Gasteiger partial charge in [0.15, 0.2) is 0 Å². The number of benzene rings is 3. The predicted molar refractivity (Wildman–Crippen MR) is 148 cm³/mol. The fraction of sp³-hybridized carbons (Fsp3) is 0.214. The largest absolute Gasteiger partial charge is 0.495 e. The number of carboxylic acids is 1. The van der Waals surface area contributed by atoms with Gasteiger partial charge in [0, 0.05) is 18.3 Å². The van der Waals surface area contributed by atoms with Crippen molar-refractivity contribution in [3.8, 4) is 5.75 Å². The second kappa shape index (κ2) is 14.1. The van der Waals surface area contributed by atoms with Gasteiger partial charge >= 0.3 is 12.0 Å². The van der Waals surface area contributed by atoms with Crippen LogP contribution in [0, 0.1) is 6.92 Å². The Morgan fingerprint density at radius 3 is 2.18 bits per heavy atom. The number of para-hydroxylation sites is 1. The molecule has 0 fully saturated rings. The third kappa shape index (κ3) is 9.17. The zero-order valence-electron chi connectivity index (χ0n) is 21.8. The highest BCUT2D eigenvalue weighted by molar-refractivity contribution is 6.01. The van der Waals surface area contributed by atoms with Gasteiger partial charge in [0.25, 0.3) is 0 Å². The third-order valence-electron chi connectivity index (χ3n) is 5.63. The first-order valence-electron chi connectivity index (χ1n) is 11.8. The lowest BCUT2D eigenvalue weighted by Gasteiger charge is -2.17. The number of nitrogens with one attached hydrogen (secondary N) is 4. The van der Waals surface area contributed by atoms with Gasteiger partial charge in [-0.2, -0.15) is 0 Å². The molecule has 0 aliphatic rings. The summed E-state index contributed by atoms with van der Waals surface area (Å²) in [6.07, 6.45) is -0.202. The highest BCUT2D eigenvalue weighted by Crippen LogP contribution is 2.27. The maximum absolute atomic E-state index is 12.6. The van der Waals surface area contributed by atoms with Crippen molar-refractivity contribution in [3.63, 3.8) is 0 Å². The van der Waals surface area contributed by atoms with Gasteiger partial charge in [-0.15, -0.1) is 0 Å². The van der Waals surface area contributed by atoms with Gasteiger partial charge in [-0.3, -0.25) is 14.4 Å². The van der Waals surface area contributed by atoms with E-state index < -0.39 is 18.0 Å². The number of urea groups is 1. The number of aliphatic carboxylic acids is 1. The molecule has 0 saturated carbocycles. The Balaban J connectivity index is 0.00000533. The van der Waals surface area contributed by atoms with E-state index in [4.69, 9.17) is 9.84 Å². The number of rotatable bonds is 10. The number of carbonyl (C=O) groups is 4. The minimum Gasteiger partial charge on any atom is -0.495 e. The zero-order valence-corrected chi connectivity index (χ0v) is 21.8. The summed E-state index contributed by atoms with van der Waals surface area (Å²) >= 11 is 0. The Hall–Kier alpha value is -4.90. The van der Waals surface area contributed by atoms with Crippen LogP contribution in [0.5, 0.6) is 5.75 Å². The number of amides is 4. The Kier molecular flexibility index (Phi) is 11.0. The van der Waals surface area contributed by atoms with Gasteiger partial charge in [-0.1, -0.05) is 36.4 Å². The van der Waals surface area contributed by atoms with Crippen molar-refractivity contribution < 1.29 is 34.5 Å². The van der Waals surface area contributed by atoms with Crippen LogP contribution in [0.1, 0.15) is 36.1 Å². The van der Waals surface area contributed by atoms with E-state index in [1.807, 2.05) is 25.1 Å². The van der Waals surface area contributed by atoms with Gasteiger partial charge in [-0.05, 0) is 53.9 Å². The van der Waals surface area contributed by atoms with Crippen molar-refractivity contribution in [2.75, 3.05) is 23.1 Å². The molecule has 0 aromatic heterocycles. The van der Waals surface area contributed by atoms with Crippen LogP contribution in [0.4, 0.5) is 21.9 Å². The average molecular weight is 537 g/mol. The monoisotopic (exact) mass is 536 g/mol. The van der Waals surface area contributed by atoms with Gasteiger partial charge < -0.3 is 36.6 Å². The van der Waals surface area contributed by atoms with Crippen molar-refractivity contribution in [3.05, 3.63) is 83.4 Å². The van der Waals surface area contributed by atoms with Crippen LogP contribution in [-0.4, -0.2) is 41.5 Å². The molecule has 3 rings (SSSR count). The molecule has 0 bridgehead atoms. The lowest BCUT2D eigenvalue weighted by Crippen LogP contribution is -2.28. The lowest BCUT2D eigenvalue weighted by atomic mass is 10.0. The summed E-state index contributed by atoms with van der Waals surface area (Å²) in [4.78, 5) is 47.6. The van der Waals surface area contributed by atoms with E-state index in [0.717, 1.165) is 5.56 Å². The number of methoxy groups -OCH3 is 1. The molecule has 0 unspecified atom stereocenters. The van der Waals surface area contributed by atoms with E-state index >= 15 is 0 Å². The molecule has 0 spiro atoms. The minimum absolute atomic E-state index is 0. The predicted octanol–water partition coefficient (Wildman–Crippen LogP) is 3.66. The van der Waals surface area contributed by atoms with Gasteiger partial charge in [0.05, 0.1) is 31.7 Å². The first kappa shape index (κ1) is 30.3. The summed E-state index contributed by atoms with van der Waals surface area (Å²) in [6.45, 7) is 3.22. The molecule has 0 saturated heterocycles. The number of aryl methyl sites for hydroxylation is 1. The molecular weight excluding hydrogens is 504 g/mol. The summed E-state index contributed by atoms with van der Waals surface area (Å²) in [5.41, 5.74) is 3.88. The van der Waals surface area contributed by atoms with Crippen molar-refractivity contribution in [1.82, 2.24) is 5.32 Å². The first-order chi connectivity index (χ1) is 18.1. The Morgan fingerprint density at radius 2 is 1.56 bits per heavy atom. The van der Waals surface area contributed by atoms with E-state index in [0.29, 0.717) is 33.9 Å². The second-order valence-electron chi connectivity index (χ2n) is 8.63. The van der Waals surface area contributed by atoms with Gasteiger partial charge in [0.2, 0.25) is 11.8 Å². The van der Waals surface area contributed by atoms with E-state index in [-0.39, 0.29) is 30.1 Å². The van der Waals surface area contributed by atoms with Crippen LogP contribution >= 0.6 is 0 Å². The van der Waals surface area contributed by atoms with Crippen LogP contribution in [0.25, 0.3) is 0 Å². The molecule has 39 heavy (non-hydrogen) atoms. The van der Waals surface area contributed by atoms with Gasteiger partial charge in [0.1, 0.15) is 5.75 Å². The molecule has 0 aliphatic carbocycles. The van der Waals surface area contributed by atoms with Crippen molar-refractivity contribution in [2.24, 2.45) is 0 Å². The maximum atomic E-state index is 12.6. The number of hydrogen-bond acceptors (Lipinski definition) is 5. The van der Waals surface area contributed by atoms with E-state index in [1.54, 1.807) is 48.5 Å². The molecule has 3 aromatic rings. The molecule has 1 atom stereocenters. The topological polar surface area (TPSA) is 177 Å². The highest BCUT2D eigenvalue weighted by Gasteiger charge is 2.17. The van der Waals surface area contributed by atoms with Crippen LogP contribution in [0.2, 0.25) is 0 Å². The SMILES string of the molecule is COc1cc(CC(=O)Nc2ccc([C@@H](CC(=O)O)NC(C)=O)cc2)ccc1NC(=O)Nc1ccccc1C.O. The van der Waals surface area contributed by atoms with Crippen molar-refractivity contribution >= 4 is 40.9 Å². The molecule has 0 radical (unpaired) electrons. The lowest BCUT2D eigenvalue weighted by molar-refractivity contribution is -0.137. The Labute approximate surface area is 225 Å². The molecule has 3 aromatic carbocycles. The normalized spacial score (nSPS) is 10.8. The average Bonchev–Trinajstić information content (AvgIpc) is 2.86. The number of carboxylic acid groups (broad SMARTS) is 1. The van der Waals surface area contributed by atoms with Crippen LogP contribution in [-0.2, 0) is 20.8 Å². The fourth-order valence-electron chi connectivity index (χ4n) is 3.80. The van der Waals surface area contributed by atoms with E-state index in [1.165, 1.54) is 14.0 Å². The van der Waals surface area contributed by atoms with Crippen LogP contribution in [0.15, 0.2) is 66.7 Å². The number of anilines is 3. The summed E-state index contributed by atoms with van der Waals surface area (Å²) in [5.74, 6) is -1.24. The molecule has 0 aliphatic heterocycles. The third-order valence-corrected chi connectivity index (χ3v) is 5.63. The number of ether oxygens (including phenoxy) is 1. The van der Waals surface area contributed by atoms with Crippen molar-refractivity contribution in [1.29, 1.82) is 0 Å². The minimum atomic E-state index is -1.04. The Morgan fingerprint density at radius 1 is 0.897 bits per heavy atom. The smallest absolute Gasteiger partial charge is 0.323 e. The van der Waals surface area contributed by atoms with Crippen LogP contribution < -0.4 is 26.0 Å². The summed E-state index contributed by atoms with van der Waals surface area (Å²) < 4.78 is 5.41. The molecule has 11 nitrogen and oxygen atoms in total. The highest BCUT2D eigenvalue weighted by atomic mass is 16.5. The molecule has 0 heterocycles. The Bertz CT molecular complexity index is 1310. The van der Waals surface area contributed by atoms with Crippen LogP contribution in [0.3, 0.4) is 0 Å². The molecular formula is C28H32N4O7. The summed E-state index contributed by atoms with van der Waals surface area (Å²) in [6, 6.07) is 18.0. The standard InChI is InChI=1S/C28H30N4O6.H2O/c1-17-6-4-5-7-22(17)31-28(37)32-23-13-8-19(14-25(23)38-3)15-26(34)30-21-11-9-20(10-12-21)24(16-27(35)36)29-18(2)33;/h4-14,24H,15-16H2,1-3H3,(H,29,33)(H,30,34)(H,35,36)(H2,31,32,37);1H2/t24-;/m1./s1. The molecule has 4 amide bonds. The summed E-state index contributed by atoms with van der Waals surface area (Å²) in [5, 5.41) is 20.1. The maximum Gasteiger partial charge on any atom is 0.323 e. The first-order valence-corrected chi connectivity index (χ1v) is 11.8. The summed E-state index contributed by atoms with van der Waals surface area (Å²) in [7, 11) is 1.48. The second-order valence-corrected chi connectivity index (χ2v) is 8.63. The number of carbonyl (C=O) groups excluding carboxylic acids is 3. The molecule has 206 valence electrons. The van der Waals surface area contributed by atoms with Gasteiger partial charge in [-0.25, -0.2) is 4.79 Å². The fourth-order valence-corrected chi connectivity index (χ4v) is 3.80.